The molecule has 0 aromatic heterocycles. The number of benzene rings is 1. The smallest absolute Gasteiger partial charge is 0.262 e. The van der Waals surface area contributed by atoms with Crippen molar-refractivity contribution in [2.24, 2.45) is 4.99 Å². The van der Waals surface area contributed by atoms with Crippen LogP contribution in [-0.2, 0) is 14.3 Å². The number of rotatable bonds is 3. The van der Waals surface area contributed by atoms with Crippen molar-refractivity contribution in [3.05, 3.63) is 30.3 Å². The fraction of sp³-hybridized carbons (Fsp3) is 0.400. The zero-order valence-corrected chi connectivity index (χ0v) is 12.8. The third-order valence-electron chi connectivity index (χ3n) is 3.44. The summed E-state index contributed by atoms with van der Waals surface area (Å²) >= 11 is 1.37. The van der Waals surface area contributed by atoms with E-state index in [0.29, 0.717) is 18.4 Å². The van der Waals surface area contributed by atoms with Gasteiger partial charge in [-0.25, -0.2) is 0 Å². The molecule has 1 N–H and O–H groups in total. The number of morpholine rings is 1. The third-order valence-corrected chi connectivity index (χ3v) is 4.65. The summed E-state index contributed by atoms with van der Waals surface area (Å²) in [5.74, 6) is -0.398. The predicted molar refractivity (Wildman–Crippen MR) is 85.9 cm³/mol. The standard InChI is InChI=1S/C15H17N3O3S/c19-13(16-11-4-2-1-3-5-11)10-12-14(20)17-15(22-12)18-6-8-21-9-7-18/h1-5,12H,6-10H2,(H,16,19)/t12-/m1/s1. The zero-order valence-electron chi connectivity index (χ0n) is 12.0. The van der Waals surface area contributed by atoms with Crippen LogP contribution in [0.3, 0.4) is 0 Å². The molecule has 1 fully saturated rings. The maximum atomic E-state index is 12.0. The SMILES string of the molecule is O=C(C[C@H]1SC(N2CCOCC2)=NC1=O)Nc1ccccc1. The summed E-state index contributed by atoms with van der Waals surface area (Å²) in [5, 5.41) is 3.08. The van der Waals surface area contributed by atoms with E-state index in [1.165, 1.54) is 11.8 Å². The van der Waals surface area contributed by atoms with E-state index < -0.39 is 5.25 Å². The molecule has 3 rings (SSSR count). The van der Waals surface area contributed by atoms with Crippen LogP contribution in [0.2, 0.25) is 0 Å². The first-order valence-corrected chi connectivity index (χ1v) is 8.07. The molecule has 1 saturated heterocycles. The van der Waals surface area contributed by atoms with E-state index in [-0.39, 0.29) is 18.2 Å². The maximum absolute atomic E-state index is 12.0. The number of nitrogens with one attached hydrogen (secondary N) is 1. The molecule has 0 radical (unpaired) electrons. The molecule has 2 amide bonds. The van der Waals surface area contributed by atoms with Crippen molar-refractivity contribution in [3.8, 4) is 0 Å². The Bertz CT molecular complexity index is 585. The minimum atomic E-state index is -0.429. The van der Waals surface area contributed by atoms with E-state index in [9.17, 15) is 9.59 Å². The number of ether oxygens (including phenoxy) is 1. The highest BCUT2D eigenvalue weighted by molar-refractivity contribution is 8.15. The molecular formula is C15H17N3O3S. The fourth-order valence-corrected chi connectivity index (χ4v) is 3.42. The highest BCUT2D eigenvalue weighted by Crippen LogP contribution is 2.27. The van der Waals surface area contributed by atoms with Gasteiger partial charge >= 0.3 is 0 Å². The molecule has 7 heteroatoms. The predicted octanol–water partition coefficient (Wildman–Crippen LogP) is 1.35. The summed E-state index contributed by atoms with van der Waals surface area (Å²) in [6, 6.07) is 9.22. The first kappa shape index (κ1) is 15.1. The molecule has 0 saturated carbocycles. The molecule has 6 nitrogen and oxygen atoms in total. The van der Waals surface area contributed by atoms with Gasteiger partial charge in [-0.15, -0.1) is 0 Å². The van der Waals surface area contributed by atoms with Crippen LogP contribution in [0.5, 0.6) is 0 Å². The Balaban J connectivity index is 1.53. The van der Waals surface area contributed by atoms with Gasteiger partial charge < -0.3 is 15.0 Å². The molecule has 1 aromatic carbocycles. The van der Waals surface area contributed by atoms with Crippen LogP contribution in [0.25, 0.3) is 0 Å². The van der Waals surface area contributed by atoms with Crippen LogP contribution in [0.1, 0.15) is 6.42 Å². The Hall–Kier alpha value is -1.86. The summed E-state index contributed by atoms with van der Waals surface area (Å²) in [6.07, 6.45) is 0.135. The highest BCUT2D eigenvalue weighted by atomic mass is 32.2. The lowest BCUT2D eigenvalue weighted by atomic mass is 10.2. The Kier molecular flexibility index (Phi) is 4.74. The zero-order chi connectivity index (χ0) is 15.4. The van der Waals surface area contributed by atoms with Crippen LogP contribution in [0.15, 0.2) is 35.3 Å². The molecule has 2 aliphatic rings. The van der Waals surface area contributed by atoms with E-state index in [0.717, 1.165) is 18.8 Å². The lowest BCUT2D eigenvalue weighted by molar-refractivity contribution is -0.121. The lowest BCUT2D eigenvalue weighted by Gasteiger charge is -2.27. The monoisotopic (exact) mass is 319 g/mol. The van der Waals surface area contributed by atoms with Gasteiger partial charge in [0.15, 0.2) is 5.17 Å². The maximum Gasteiger partial charge on any atom is 0.262 e. The Labute approximate surface area is 132 Å². The number of thioether (sulfide) groups is 1. The van der Waals surface area contributed by atoms with Crippen molar-refractivity contribution in [2.75, 3.05) is 31.6 Å². The van der Waals surface area contributed by atoms with Crippen molar-refractivity contribution < 1.29 is 14.3 Å². The van der Waals surface area contributed by atoms with Crippen molar-refractivity contribution in [2.45, 2.75) is 11.7 Å². The van der Waals surface area contributed by atoms with Crippen LogP contribution in [0, 0.1) is 0 Å². The Morgan fingerprint density at radius 1 is 1.32 bits per heavy atom. The van der Waals surface area contributed by atoms with Gasteiger partial charge in [0.1, 0.15) is 5.25 Å². The van der Waals surface area contributed by atoms with Crippen molar-refractivity contribution in [1.82, 2.24) is 4.90 Å². The highest BCUT2D eigenvalue weighted by Gasteiger charge is 2.33. The first-order chi connectivity index (χ1) is 10.7. The van der Waals surface area contributed by atoms with E-state index in [1.54, 1.807) is 0 Å². The number of amidine groups is 1. The minimum Gasteiger partial charge on any atom is -0.378 e. The second-order valence-corrected chi connectivity index (χ2v) is 6.23. The van der Waals surface area contributed by atoms with Gasteiger partial charge in [-0.05, 0) is 12.1 Å². The number of nitrogens with zero attached hydrogens (tertiary/aromatic N) is 2. The molecule has 0 unspecified atom stereocenters. The van der Waals surface area contributed by atoms with Gasteiger partial charge in [-0.3, -0.25) is 9.59 Å². The molecular weight excluding hydrogens is 302 g/mol. The number of carbonyl (C=O) groups is 2. The first-order valence-electron chi connectivity index (χ1n) is 7.19. The van der Waals surface area contributed by atoms with Gasteiger partial charge in [0.2, 0.25) is 5.91 Å². The molecule has 1 atom stereocenters. The molecule has 0 bridgehead atoms. The molecule has 0 aliphatic carbocycles. The van der Waals surface area contributed by atoms with Gasteiger partial charge in [0.05, 0.1) is 13.2 Å². The molecule has 22 heavy (non-hydrogen) atoms. The number of anilines is 1. The molecule has 0 spiro atoms. The summed E-state index contributed by atoms with van der Waals surface area (Å²) < 4.78 is 5.29. The van der Waals surface area contributed by atoms with E-state index >= 15 is 0 Å². The second kappa shape index (κ2) is 6.93. The number of aliphatic imine (C=N–C) groups is 1. The van der Waals surface area contributed by atoms with Crippen LogP contribution in [-0.4, -0.2) is 53.4 Å². The number of carbonyl (C=O) groups excluding carboxylic acids is 2. The topological polar surface area (TPSA) is 71.0 Å². The van der Waals surface area contributed by atoms with Crippen LogP contribution in [0.4, 0.5) is 5.69 Å². The van der Waals surface area contributed by atoms with E-state index in [2.05, 4.69) is 10.3 Å². The van der Waals surface area contributed by atoms with Crippen molar-refractivity contribution in [1.29, 1.82) is 0 Å². The number of para-hydroxylation sites is 1. The number of hydrogen-bond donors (Lipinski definition) is 1. The average Bonchev–Trinajstić information content (AvgIpc) is 2.90. The fourth-order valence-electron chi connectivity index (χ4n) is 2.30. The largest absolute Gasteiger partial charge is 0.378 e. The van der Waals surface area contributed by atoms with Crippen molar-refractivity contribution in [3.63, 3.8) is 0 Å². The second-order valence-electron chi connectivity index (χ2n) is 5.06. The summed E-state index contributed by atoms with van der Waals surface area (Å²) in [5.41, 5.74) is 0.734. The Morgan fingerprint density at radius 2 is 2.05 bits per heavy atom. The van der Waals surface area contributed by atoms with Gasteiger partial charge in [0, 0.05) is 25.2 Å². The van der Waals surface area contributed by atoms with Gasteiger partial charge in [-0.2, -0.15) is 4.99 Å². The molecule has 2 aliphatic heterocycles. The van der Waals surface area contributed by atoms with E-state index in [1.807, 2.05) is 35.2 Å². The average molecular weight is 319 g/mol. The van der Waals surface area contributed by atoms with E-state index in [4.69, 9.17) is 4.74 Å². The summed E-state index contributed by atoms with van der Waals surface area (Å²) in [4.78, 5) is 30.1. The molecule has 116 valence electrons. The normalized spacial score (nSPS) is 21.6. The molecule has 2 heterocycles. The van der Waals surface area contributed by atoms with Crippen LogP contribution >= 0.6 is 11.8 Å². The lowest BCUT2D eigenvalue weighted by Crippen LogP contribution is -2.39. The third kappa shape index (κ3) is 3.66. The van der Waals surface area contributed by atoms with Crippen molar-refractivity contribution >= 4 is 34.4 Å². The number of hydrogen-bond acceptors (Lipinski definition) is 5. The van der Waals surface area contributed by atoms with Crippen LogP contribution < -0.4 is 5.32 Å². The number of amides is 2. The molecule has 1 aromatic rings. The van der Waals surface area contributed by atoms with Gasteiger partial charge in [0.25, 0.3) is 5.91 Å². The van der Waals surface area contributed by atoms with Gasteiger partial charge in [-0.1, -0.05) is 30.0 Å². The Morgan fingerprint density at radius 3 is 2.77 bits per heavy atom. The quantitative estimate of drug-likeness (QED) is 0.910. The summed E-state index contributed by atoms with van der Waals surface area (Å²) in [6.45, 7) is 2.77. The summed E-state index contributed by atoms with van der Waals surface area (Å²) in [7, 11) is 0. The minimum absolute atomic E-state index is 0.135.